The normalized spacial score (nSPS) is 11.4. The van der Waals surface area contributed by atoms with Crippen molar-refractivity contribution in [1.82, 2.24) is 19.7 Å². The zero-order chi connectivity index (χ0) is 20.7. The van der Waals surface area contributed by atoms with Crippen LogP contribution in [-0.2, 0) is 0 Å². The molecule has 0 atom stereocenters. The molecular weight excluding hydrogens is 366 g/mol. The van der Waals surface area contributed by atoms with Crippen molar-refractivity contribution in [2.75, 3.05) is 5.32 Å². The lowest BCUT2D eigenvalue weighted by molar-refractivity contribution is 0.102. The third-order valence-corrected chi connectivity index (χ3v) is 4.75. The Kier molecular flexibility index (Phi) is 4.66. The summed E-state index contributed by atoms with van der Waals surface area (Å²) in [5, 5.41) is 8.05. The first-order valence-electron chi connectivity index (χ1n) is 9.54. The Bertz CT molecular complexity index is 1220. The smallest absolute Gasteiger partial charge is 0.257 e. The predicted octanol–water partition coefficient (Wildman–Crippen LogP) is 4.84. The molecule has 0 spiro atoms. The molecule has 4 aromatic rings. The molecule has 148 valence electrons. The van der Waals surface area contributed by atoms with Gasteiger partial charge in [0.25, 0.3) is 5.91 Å². The Balaban J connectivity index is 1.87. The monoisotopic (exact) mass is 389 g/mol. The van der Waals surface area contributed by atoms with Gasteiger partial charge in [0, 0.05) is 17.3 Å². The first kappa shape index (κ1) is 18.9. The predicted molar refractivity (Wildman–Crippen MR) is 112 cm³/mol. The lowest BCUT2D eigenvalue weighted by atomic mass is 10.1. The third kappa shape index (κ3) is 3.51. The number of aryl methyl sites for hydroxylation is 3. The maximum absolute atomic E-state index is 13.2. The molecule has 0 saturated heterocycles. The number of nitrogens with one attached hydrogen (secondary N) is 1. The van der Waals surface area contributed by atoms with Crippen molar-refractivity contribution in [1.29, 1.82) is 0 Å². The molecule has 0 fully saturated rings. The summed E-state index contributed by atoms with van der Waals surface area (Å²) in [6.07, 6.45) is 1.69. The number of furan rings is 1. The van der Waals surface area contributed by atoms with E-state index in [1.807, 2.05) is 57.5 Å². The summed E-state index contributed by atoms with van der Waals surface area (Å²) < 4.78 is 7.50. The number of pyridine rings is 2. The quantitative estimate of drug-likeness (QED) is 0.539. The van der Waals surface area contributed by atoms with Gasteiger partial charge in [-0.05, 0) is 58.9 Å². The second-order valence-corrected chi connectivity index (χ2v) is 7.42. The maximum atomic E-state index is 13.2. The molecule has 4 aromatic heterocycles. The Morgan fingerprint density at radius 3 is 2.59 bits per heavy atom. The van der Waals surface area contributed by atoms with Gasteiger partial charge in [-0.15, -0.1) is 0 Å². The van der Waals surface area contributed by atoms with Crippen LogP contribution in [0, 0.1) is 20.8 Å². The molecule has 0 radical (unpaired) electrons. The van der Waals surface area contributed by atoms with Crippen molar-refractivity contribution in [2.45, 2.75) is 40.7 Å². The fourth-order valence-corrected chi connectivity index (χ4v) is 3.40. The number of rotatable bonds is 4. The summed E-state index contributed by atoms with van der Waals surface area (Å²) in [4.78, 5) is 22.3. The average Bonchev–Trinajstić information content (AvgIpc) is 3.23. The van der Waals surface area contributed by atoms with Crippen LogP contribution in [0.25, 0.3) is 22.3 Å². The zero-order valence-corrected chi connectivity index (χ0v) is 17.1. The van der Waals surface area contributed by atoms with E-state index >= 15 is 0 Å². The molecule has 0 saturated carbocycles. The molecular formula is C22H23N5O2. The van der Waals surface area contributed by atoms with Crippen LogP contribution in [0.15, 0.2) is 40.9 Å². The fourth-order valence-electron chi connectivity index (χ4n) is 3.40. The fraction of sp³-hybridized carbons (Fsp3) is 0.273. The molecule has 0 unspecified atom stereocenters. The number of nitrogens with zero attached hydrogens (tertiary/aromatic N) is 4. The number of carbonyl (C=O) groups excluding carboxylic acids is 1. The SMILES string of the molecule is Cc1cccc(NC(=O)c2cc(-c3cc(C)oc3C)nc3c2cnn3C(C)C)n1. The second-order valence-electron chi connectivity index (χ2n) is 7.42. The molecule has 1 N–H and O–H groups in total. The van der Waals surface area contributed by atoms with Gasteiger partial charge >= 0.3 is 0 Å². The van der Waals surface area contributed by atoms with Crippen molar-refractivity contribution in [3.63, 3.8) is 0 Å². The van der Waals surface area contributed by atoms with Crippen LogP contribution in [-0.4, -0.2) is 25.7 Å². The van der Waals surface area contributed by atoms with Gasteiger partial charge in [0.15, 0.2) is 5.65 Å². The average molecular weight is 389 g/mol. The van der Waals surface area contributed by atoms with E-state index in [0.29, 0.717) is 28.1 Å². The maximum Gasteiger partial charge on any atom is 0.257 e. The van der Waals surface area contributed by atoms with Gasteiger partial charge < -0.3 is 9.73 Å². The van der Waals surface area contributed by atoms with E-state index in [4.69, 9.17) is 9.40 Å². The van der Waals surface area contributed by atoms with Crippen LogP contribution in [0.2, 0.25) is 0 Å². The highest BCUT2D eigenvalue weighted by Gasteiger charge is 2.20. The number of hydrogen-bond acceptors (Lipinski definition) is 5. The number of fused-ring (bicyclic) bond motifs is 1. The molecule has 29 heavy (non-hydrogen) atoms. The van der Waals surface area contributed by atoms with Gasteiger partial charge in [-0.3, -0.25) is 4.79 Å². The second kappa shape index (κ2) is 7.16. The van der Waals surface area contributed by atoms with E-state index in [-0.39, 0.29) is 11.9 Å². The molecule has 0 aliphatic carbocycles. The number of carbonyl (C=O) groups is 1. The summed E-state index contributed by atoms with van der Waals surface area (Å²) in [5.74, 6) is 1.81. The van der Waals surface area contributed by atoms with E-state index in [1.165, 1.54) is 0 Å². The van der Waals surface area contributed by atoms with Gasteiger partial charge in [-0.1, -0.05) is 6.07 Å². The first-order valence-corrected chi connectivity index (χ1v) is 9.54. The minimum atomic E-state index is -0.252. The number of amides is 1. The molecule has 0 aliphatic heterocycles. The molecule has 7 heteroatoms. The molecule has 0 aliphatic rings. The van der Waals surface area contributed by atoms with Crippen molar-refractivity contribution >= 4 is 22.8 Å². The van der Waals surface area contributed by atoms with Crippen LogP contribution in [0.5, 0.6) is 0 Å². The first-order chi connectivity index (χ1) is 13.8. The zero-order valence-electron chi connectivity index (χ0n) is 17.1. The lowest BCUT2D eigenvalue weighted by Gasteiger charge is -2.11. The minimum Gasteiger partial charge on any atom is -0.466 e. The van der Waals surface area contributed by atoms with E-state index in [1.54, 1.807) is 18.3 Å². The van der Waals surface area contributed by atoms with Crippen LogP contribution in [0.3, 0.4) is 0 Å². The number of hydrogen-bond donors (Lipinski definition) is 1. The van der Waals surface area contributed by atoms with Gasteiger partial charge in [0.05, 0.1) is 22.8 Å². The Hall–Kier alpha value is -3.48. The molecule has 1 amide bonds. The summed E-state index contributed by atoms with van der Waals surface area (Å²) in [5.41, 5.74) is 3.54. The van der Waals surface area contributed by atoms with E-state index in [9.17, 15) is 4.79 Å². The van der Waals surface area contributed by atoms with E-state index in [0.717, 1.165) is 22.8 Å². The van der Waals surface area contributed by atoms with Crippen LogP contribution >= 0.6 is 0 Å². The molecule has 0 bridgehead atoms. The van der Waals surface area contributed by atoms with E-state index in [2.05, 4.69) is 15.4 Å². The van der Waals surface area contributed by atoms with Gasteiger partial charge in [0.1, 0.15) is 17.3 Å². The van der Waals surface area contributed by atoms with Crippen molar-refractivity contribution in [3.8, 4) is 11.3 Å². The van der Waals surface area contributed by atoms with E-state index < -0.39 is 0 Å². The standard InChI is InChI=1S/C22H23N5O2/c1-12(2)27-21-18(11-23-27)17(22(28)26-20-8-6-7-13(3)24-20)10-19(25-21)16-9-14(4)29-15(16)5/h6-12H,1-5H3,(H,24,26,28). The van der Waals surface area contributed by atoms with Crippen molar-refractivity contribution < 1.29 is 9.21 Å². The Labute approximate surface area is 168 Å². The summed E-state index contributed by atoms with van der Waals surface area (Å²) >= 11 is 0. The topological polar surface area (TPSA) is 85.8 Å². The Morgan fingerprint density at radius 1 is 1.14 bits per heavy atom. The minimum absolute atomic E-state index is 0.108. The molecule has 4 rings (SSSR count). The van der Waals surface area contributed by atoms with Gasteiger partial charge in [-0.25, -0.2) is 14.6 Å². The molecule has 7 nitrogen and oxygen atoms in total. The van der Waals surface area contributed by atoms with Crippen LogP contribution in [0.1, 0.15) is 47.5 Å². The number of aromatic nitrogens is 4. The Morgan fingerprint density at radius 2 is 1.93 bits per heavy atom. The van der Waals surface area contributed by atoms with Crippen LogP contribution < -0.4 is 5.32 Å². The summed E-state index contributed by atoms with van der Waals surface area (Å²) in [6, 6.07) is 9.35. The lowest BCUT2D eigenvalue weighted by Crippen LogP contribution is -2.14. The number of anilines is 1. The van der Waals surface area contributed by atoms with Gasteiger partial charge in [0.2, 0.25) is 0 Å². The summed E-state index contributed by atoms with van der Waals surface area (Å²) in [6.45, 7) is 9.73. The molecule has 4 heterocycles. The summed E-state index contributed by atoms with van der Waals surface area (Å²) in [7, 11) is 0. The largest absolute Gasteiger partial charge is 0.466 e. The highest BCUT2D eigenvalue weighted by Crippen LogP contribution is 2.30. The van der Waals surface area contributed by atoms with Gasteiger partial charge in [-0.2, -0.15) is 5.10 Å². The highest BCUT2D eigenvalue weighted by molar-refractivity contribution is 6.12. The third-order valence-electron chi connectivity index (χ3n) is 4.75. The highest BCUT2D eigenvalue weighted by atomic mass is 16.3. The van der Waals surface area contributed by atoms with Crippen molar-refractivity contribution in [3.05, 3.63) is 59.3 Å². The van der Waals surface area contributed by atoms with Crippen molar-refractivity contribution in [2.24, 2.45) is 0 Å². The van der Waals surface area contributed by atoms with Crippen LogP contribution in [0.4, 0.5) is 5.82 Å². The molecule has 0 aromatic carbocycles.